The van der Waals surface area contributed by atoms with E-state index in [0.29, 0.717) is 12.5 Å². The van der Waals surface area contributed by atoms with Crippen LogP contribution in [0.3, 0.4) is 0 Å². The fourth-order valence-corrected chi connectivity index (χ4v) is 3.43. The molecule has 2 heterocycles. The number of ether oxygens (including phenoxy) is 1. The second-order valence-corrected chi connectivity index (χ2v) is 6.92. The number of carbonyl (C=O) groups is 1. The van der Waals surface area contributed by atoms with E-state index in [4.69, 9.17) is 14.7 Å². The van der Waals surface area contributed by atoms with Crippen LogP contribution >= 0.6 is 0 Å². The van der Waals surface area contributed by atoms with Gasteiger partial charge < -0.3 is 15.0 Å². The summed E-state index contributed by atoms with van der Waals surface area (Å²) in [5.41, 5.74) is 1.82. The van der Waals surface area contributed by atoms with Crippen LogP contribution in [0.25, 0.3) is 10.9 Å². The van der Waals surface area contributed by atoms with Crippen molar-refractivity contribution in [2.24, 2.45) is 5.92 Å². The molecule has 1 aromatic heterocycles. The van der Waals surface area contributed by atoms with Gasteiger partial charge in [0.15, 0.2) is 0 Å². The Morgan fingerprint density at radius 3 is 3.00 bits per heavy atom. The van der Waals surface area contributed by atoms with E-state index in [2.05, 4.69) is 17.1 Å². The summed E-state index contributed by atoms with van der Waals surface area (Å²) < 4.78 is 5.32. The maximum atomic E-state index is 12.4. The molecular formula is C20H28N4O2. The second-order valence-electron chi connectivity index (χ2n) is 6.92. The van der Waals surface area contributed by atoms with Crippen molar-refractivity contribution in [3.8, 4) is 5.75 Å². The third-order valence-corrected chi connectivity index (χ3v) is 4.99. The van der Waals surface area contributed by atoms with Crippen LogP contribution in [0.4, 0.5) is 5.95 Å². The molecule has 0 bridgehead atoms. The summed E-state index contributed by atoms with van der Waals surface area (Å²) >= 11 is 0. The van der Waals surface area contributed by atoms with Crippen molar-refractivity contribution in [3.05, 3.63) is 23.9 Å². The molecule has 1 amide bonds. The number of nitrogens with zero attached hydrogens (tertiary/aromatic N) is 3. The number of fused-ring (bicyclic) bond motifs is 1. The number of rotatable bonds is 6. The van der Waals surface area contributed by atoms with Crippen LogP contribution in [0, 0.1) is 12.8 Å². The van der Waals surface area contributed by atoms with Gasteiger partial charge in [0.25, 0.3) is 0 Å². The third-order valence-electron chi connectivity index (χ3n) is 4.99. The van der Waals surface area contributed by atoms with E-state index in [1.807, 2.05) is 25.1 Å². The lowest BCUT2D eigenvalue weighted by molar-refractivity contribution is -0.125. The van der Waals surface area contributed by atoms with Gasteiger partial charge in [-0.15, -0.1) is 0 Å². The van der Waals surface area contributed by atoms with Gasteiger partial charge in [-0.05, 0) is 38.3 Å². The molecule has 1 aliphatic rings. The Bertz CT molecular complexity index is 778. The van der Waals surface area contributed by atoms with Crippen LogP contribution in [0.2, 0.25) is 0 Å². The minimum atomic E-state index is 0.00511. The van der Waals surface area contributed by atoms with Gasteiger partial charge in [0.2, 0.25) is 11.9 Å². The minimum Gasteiger partial charge on any atom is -0.497 e. The highest BCUT2D eigenvalue weighted by atomic mass is 16.5. The summed E-state index contributed by atoms with van der Waals surface area (Å²) in [6.07, 6.45) is 4.01. The lowest BCUT2D eigenvalue weighted by Gasteiger charge is -2.32. The van der Waals surface area contributed by atoms with E-state index in [9.17, 15) is 4.79 Å². The quantitative estimate of drug-likeness (QED) is 0.806. The molecule has 1 saturated heterocycles. The number of anilines is 1. The predicted molar refractivity (Wildman–Crippen MR) is 104 cm³/mol. The zero-order valence-corrected chi connectivity index (χ0v) is 15.9. The summed E-state index contributed by atoms with van der Waals surface area (Å²) in [7, 11) is 1.66. The molecule has 6 nitrogen and oxygen atoms in total. The molecular weight excluding hydrogens is 328 g/mol. The van der Waals surface area contributed by atoms with Crippen molar-refractivity contribution in [2.45, 2.75) is 39.5 Å². The van der Waals surface area contributed by atoms with Gasteiger partial charge in [-0.25, -0.2) is 9.97 Å². The standard InChI is InChI=1S/C20H28N4O2/c1-4-5-10-21-19(25)15-7-6-11-24(13-15)20-22-14(2)17-9-8-16(26-3)12-18(17)23-20/h8-9,12,15H,4-7,10-11,13H2,1-3H3,(H,21,25). The summed E-state index contributed by atoms with van der Waals surface area (Å²) in [6.45, 7) is 6.44. The number of methoxy groups -OCH3 is 1. The maximum Gasteiger partial charge on any atom is 0.226 e. The second kappa shape index (κ2) is 8.34. The van der Waals surface area contributed by atoms with Gasteiger partial charge in [0.05, 0.1) is 24.2 Å². The highest BCUT2D eigenvalue weighted by molar-refractivity contribution is 5.83. The monoisotopic (exact) mass is 356 g/mol. The summed E-state index contributed by atoms with van der Waals surface area (Å²) in [6, 6.07) is 5.86. The van der Waals surface area contributed by atoms with E-state index in [1.54, 1.807) is 7.11 Å². The topological polar surface area (TPSA) is 67.4 Å². The Morgan fingerprint density at radius 1 is 1.38 bits per heavy atom. The van der Waals surface area contributed by atoms with Crippen LogP contribution < -0.4 is 15.0 Å². The molecule has 1 unspecified atom stereocenters. The van der Waals surface area contributed by atoms with Gasteiger partial charge >= 0.3 is 0 Å². The molecule has 0 spiro atoms. The SMILES string of the molecule is CCCCNC(=O)C1CCCN(c2nc(C)c3ccc(OC)cc3n2)C1. The van der Waals surface area contributed by atoms with Crippen molar-refractivity contribution in [2.75, 3.05) is 31.6 Å². The minimum absolute atomic E-state index is 0.00511. The molecule has 1 fully saturated rings. The molecule has 1 aromatic carbocycles. The Hall–Kier alpha value is -2.37. The first-order valence-corrected chi connectivity index (χ1v) is 9.47. The molecule has 0 radical (unpaired) electrons. The highest BCUT2D eigenvalue weighted by Gasteiger charge is 2.27. The number of carbonyl (C=O) groups excluding carboxylic acids is 1. The van der Waals surface area contributed by atoms with Gasteiger partial charge in [0.1, 0.15) is 5.75 Å². The lowest BCUT2D eigenvalue weighted by atomic mass is 9.97. The molecule has 2 aromatic rings. The van der Waals surface area contributed by atoms with E-state index < -0.39 is 0 Å². The predicted octanol–water partition coefficient (Wildman–Crippen LogP) is 3.08. The van der Waals surface area contributed by atoms with Crippen molar-refractivity contribution < 1.29 is 9.53 Å². The molecule has 3 rings (SSSR count). The smallest absolute Gasteiger partial charge is 0.226 e. The van der Waals surface area contributed by atoms with Crippen LogP contribution in [0.15, 0.2) is 18.2 Å². The van der Waals surface area contributed by atoms with E-state index >= 15 is 0 Å². The number of aryl methyl sites for hydroxylation is 1. The zero-order valence-electron chi connectivity index (χ0n) is 15.9. The third kappa shape index (κ3) is 4.06. The number of benzene rings is 1. The van der Waals surface area contributed by atoms with Crippen LogP contribution in [-0.2, 0) is 4.79 Å². The summed E-state index contributed by atoms with van der Waals surface area (Å²) in [4.78, 5) is 24.0. The van der Waals surface area contributed by atoms with Gasteiger partial charge in [0, 0.05) is 31.1 Å². The molecule has 1 atom stereocenters. The van der Waals surface area contributed by atoms with E-state index in [0.717, 1.165) is 61.1 Å². The van der Waals surface area contributed by atoms with Crippen molar-refractivity contribution in [3.63, 3.8) is 0 Å². The number of hydrogen-bond acceptors (Lipinski definition) is 5. The Kier molecular flexibility index (Phi) is 5.91. The molecule has 0 saturated carbocycles. The van der Waals surface area contributed by atoms with Crippen molar-refractivity contribution in [1.29, 1.82) is 0 Å². The number of piperidine rings is 1. The van der Waals surface area contributed by atoms with E-state index in [1.165, 1.54) is 0 Å². The first kappa shape index (κ1) is 18.4. The van der Waals surface area contributed by atoms with Crippen LogP contribution in [0.1, 0.15) is 38.3 Å². The average Bonchev–Trinajstić information content (AvgIpc) is 2.67. The van der Waals surface area contributed by atoms with Crippen molar-refractivity contribution >= 4 is 22.8 Å². The van der Waals surface area contributed by atoms with Gasteiger partial charge in [-0.1, -0.05) is 13.3 Å². The molecule has 140 valence electrons. The lowest BCUT2D eigenvalue weighted by Crippen LogP contribution is -2.44. The molecule has 26 heavy (non-hydrogen) atoms. The van der Waals surface area contributed by atoms with Crippen LogP contribution in [0.5, 0.6) is 5.75 Å². The largest absolute Gasteiger partial charge is 0.497 e. The first-order chi connectivity index (χ1) is 12.6. The van der Waals surface area contributed by atoms with E-state index in [-0.39, 0.29) is 11.8 Å². The fourth-order valence-electron chi connectivity index (χ4n) is 3.43. The Morgan fingerprint density at radius 2 is 2.23 bits per heavy atom. The molecule has 1 N–H and O–H groups in total. The Balaban J connectivity index is 1.78. The first-order valence-electron chi connectivity index (χ1n) is 9.47. The number of amides is 1. The fraction of sp³-hybridized carbons (Fsp3) is 0.550. The number of nitrogens with one attached hydrogen (secondary N) is 1. The van der Waals surface area contributed by atoms with Crippen molar-refractivity contribution in [1.82, 2.24) is 15.3 Å². The average molecular weight is 356 g/mol. The molecule has 1 aliphatic heterocycles. The Labute approximate surface area is 155 Å². The van der Waals surface area contributed by atoms with Gasteiger partial charge in [-0.3, -0.25) is 4.79 Å². The summed E-state index contributed by atoms with van der Waals surface area (Å²) in [5, 5.41) is 4.09. The maximum absolute atomic E-state index is 12.4. The zero-order chi connectivity index (χ0) is 18.5. The number of unbranched alkanes of at least 4 members (excludes halogenated alkanes) is 1. The normalized spacial score (nSPS) is 17.3. The summed E-state index contributed by atoms with van der Waals surface area (Å²) in [5.74, 6) is 1.65. The molecule has 6 heteroatoms. The highest BCUT2D eigenvalue weighted by Crippen LogP contribution is 2.26. The van der Waals surface area contributed by atoms with Gasteiger partial charge in [-0.2, -0.15) is 0 Å². The van der Waals surface area contributed by atoms with Crippen LogP contribution in [-0.4, -0.2) is 42.6 Å². The number of hydrogen-bond donors (Lipinski definition) is 1. The molecule has 0 aliphatic carbocycles. The number of aromatic nitrogens is 2.